The van der Waals surface area contributed by atoms with Crippen molar-refractivity contribution in [2.24, 2.45) is 0 Å². The van der Waals surface area contributed by atoms with E-state index in [9.17, 15) is 9.59 Å². The number of carbonyl (C=O) groups is 2. The van der Waals surface area contributed by atoms with E-state index in [0.717, 1.165) is 21.9 Å². The third-order valence-electron chi connectivity index (χ3n) is 4.80. The molecule has 1 amide bonds. The number of hydrogen-bond acceptors (Lipinski definition) is 3. The number of nitrogens with zero attached hydrogens (tertiary/aromatic N) is 1. The van der Waals surface area contributed by atoms with Gasteiger partial charge in [-0.15, -0.1) is 0 Å². The topological polar surface area (TPSA) is 69.6 Å². The van der Waals surface area contributed by atoms with Crippen LogP contribution in [0.5, 0.6) is 0 Å². The third kappa shape index (κ3) is 4.56. The Hall–Kier alpha value is -3.18. The van der Waals surface area contributed by atoms with Crippen LogP contribution in [0.2, 0.25) is 0 Å². The van der Waals surface area contributed by atoms with E-state index in [-0.39, 0.29) is 18.4 Å². The summed E-state index contributed by atoms with van der Waals surface area (Å²) in [6.45, 7) is 2.27. The quantitative estimate of drug-likeness (QED) is 0.651. The number of anilines is 1. The van der Waals surface area contributed by atoms with E-state index in [1.807, 2.05) is 73.7 Å². The molecule has 0 heterocycles. The molecule has 0 aliphatic rings. The van der Waals surface area contributed by atoms with Crippen molar-refractivity contribution in [1.82, 2.24) is 4.90 Å². The zero-order valence-corrected chi connectivity index (χ0v) is 16.1. The number of amides is 1. The van der Waals surface area contributed by atoms with Crippen LogP contribution in [0.15, 0.2) is 66.7 Å². The summed E-state index contributed by atoms with van der Waals surface area (Å²) in [5.41, 5.74) is 2.57. The van der Waals surface area contributed by atoms with Crippen molar-refractivity contribution in [2.75, 3.05) is 18.9 Å². The van der Waals surface area contributed by atoms with Crippen LogP contribution in [-0.2, 0) is 16.1 Å². The number of carboxylic acid groups (broad SMARTS) is 1. The van der Waals surface area contributed by atoms with Gasteiger partial charge in [0.2, 0.25) is 5.91 Å². The van der Waals surface area contributed by atoms with E-state index < -0.39 is 5.97 Å². The minimum Gasteiger partial charge on any atom is -0.480 e. The molecule has 0 fully saturated rings. The van der Waals surface area contributed by atoms with Crippen molar-refractivity contribution in [3.8, 4) is 0 Å². The third-order valence-corrected chi connectivity index (χ3v) is 4.80. The minimum absolute atomic E-state index is 0.0608. The number of fused-ring (bicyclic) bond motifs is 1. The Morgan fingerprint density at radius 2 is 1.68 bits per heavy atom. The van der Waals surface area contributed by atoms with Crippen molar-refractivity contribution < 1.29 is 14.7 Å². The van der Waals surface area contributed by atoms with Gasteiger partial charge in [0.05, 0.1) is 12.5 Å². The van der Waals surface area contributed by atoms with Crippen LogP contribution in [0.1, 0.15) is 24.0 Å². The summed E-state index contributed by atoms with van der Waals surface area (Å²) >= 11 is 0. The van der Waals surface area contributed by atoms with Crippen molar-refractivity contribution in [2.45, 2.75) is 19.4 Å². The molecule has 3 aromatic carbocycles. The molecular weight excluding hydrogens is 352 g/mol. The summed E-state index contributed by atoms with van der Waals surface area (Å²) in [6, 6.07) is 21.5. The first kappa shape index (κ1) is 19.6. The van der Waals surface area contributed by atoms with Gasteiger partial charge in [-0.1, -0.05) is 60.7 Å². The summed E-state index contributed by atoms with van der Waals surface area (Å²) in [5, 5.41) is 14.1. The highest BCUT2D eigenvalue weighted by Gasteiger charge is 2.19. The second kappa shape index (κ2) is 8.67. The lowest BCUT2D eigenvalue weighted by atomic mass is 9.94. The number of carbonyl (C=O) groups excluding carboxylic acids is 1. The van der Waals surface area contributed by atoms with E-state index in [2.05, 4.69) is 5.32 Å². The number of rotatable bonds is 7. The molecule has 3 aromatic rings. The van der Waals surface area contributed by atoms with E-state index in [1.54, 1.807) is 11.9 Å². The predicted octanol–water partition coefficient (Wildman–Crippen LogP) is 4.10. The first-order valence-electron chi connectivity index (χ1n) is 9.22. The smallest absolute Gasteiger partial charge is 0.317 e. The van der Waals surface area contributed by atoms with Crippen LogP contribution in [0.3, 0.4) is 0 Å². The SMILES string of the molecule is CC(C(=O)Nc1ccccc1CN(C)CC(=O)O)c1cccc2ccccc12. The van der Waals surface area contributed by atoms with Gasteiger partial charge in [-0.2, -0.15) is 0 Å². The highest BCUT2D eigenvalue weighted by Crippen LogP contribution is 2.27. The van der Waals surface area contributed by atoms with Gasteiger partial charge in [0.25, 0.3) is 0 Å². The fourth-order valence-corrected chi connectivity index (χ4v) is 3.37. The fourth-order valence-electron chi connectivity index (χ4n) is 3.37. The predicted molar refractivity (Wildman–Crippen MR) is 111 cm³/mol. The molecule has 5 nitrogen and oxygen atoms in total. The van der Waals surface area contributed by atoms with Gasteiger partial charge in [-0.25, -0.2) is 0 Å². The second-order valence-electron chi connectivity index (χ2n) is 7.00. The minimum atomic E-state index is -0.881. The molecule has 3 rings (SSSR count). The molecule has 0 spiro atoms. The van der Waals surface area contributed by atoms with Crippen molar-refractivity contribution in [3.05, 3.63) is 77.9 Å². The Labute approximate surface area is 164 Å². The van der Waals surface area contributed by atoms with Crippen LogP contribution in [0.25, 0.3) is 10.8 Å². The fraction of sp³-hybridized carbons (Fsp3) is 0.217. The molecule has 5 heteroatoms. The average molecular weight is 376 g/mol. The lowest BCUT2D eigenvalue weighted by Gasteiger charge is -2.19. The largest absolute Gasteiger partial charge is 0.480 e. The van der Waals surface area contributed by atoms with E-state index in [4.69, 9.17) is 5.11 Å². The number of hydrogen-bond donors (Lipinski definition) is 2. The number of carboxylic acids is 1. The summed E-state index contributed by atoms with van der Waals surface area (Å²) in [4.78, 5) is 25.6. The number of para-hydroxylation sites is 1. The summed E-state index contributed by atoms with van der Waals surface area (Å²) < 4.78 is 0. The van der Waals surface area contributed by atoms with E-state index in [1.165, 1.54) is 0 Å². The molecule has 2 N–H and O–H groups in total. The van der Waals surface area contributed by atoms with Crippen molar-refractivity contribution >= 4 is 28.3 Å². The number of benzene rings is 3. The van der Waals surface area contributed by atoms with Crippen LogP contribution in [0.4, 0.5) is 5.69 Å². The molecule has 0 saturated heterocycles. The molecule has 0 bridgehead atoms. The summed E-state index contributed by atoms with van der Waals surface area (Å²) in [6.07, 6.45) is 0. The highest BCUT2D eigenvalue weighted by molar-refractivity contribution is 5.99. The van der Waals surface area contributed by atoms with Crippen LogP contribution in [-0.4, -0.2) is 35.5 Å². The molecule has 1 unspecified atom stereocenters. The van der Waals surface area contributed by atoms with E-state index >= 15 is 0 Å². The molecular formula is C23H24N2O3. The second-order valence-corrected chi connectivity index (χ2v) is 7.00. The molecule has 0 aliphatic carbocycles. The van der Waals surface area contributed by atoms with Gasteiger partial charge in [-0.05, 0) is 41.9 Å². The first-order chi connectivity index (χ1) is 13.5. The molecule has 144 valence electrons. The zero-order valence-electron chi connectivity index (χ0n) is 16.1. The first-order valence-corrected chi connectivity index (χ1v) is 9.22. The molecule has 0 saturated carbocycles. The van der Waals surface area contributed by atoms with Gasteiger partial charge in [0.15, 0.2) is 0 Å². The van der Waals surface area contributed by atoms with Crippen LogP contribution >= 0.6 is 0 Å². The molecule has 0 radical (unpaired) electrons. The Kier molecular flexibility index (Phi) is 6.06. The van der Waals surface area contributed by atoms with Crippen LogP contribution in [0, 0.1) is 0 Å². The van der Waals surface area contributed by atoms with Gasteiger partial charge in [-0.3, -0.25) is 14.5 Å². The molecule has 28 heavy (non-hydrogen) atoms. The number of nitrogens with one attached hydrogen (secondary N) is 1. The standard InChI is InChI=1S/C23H24N2O3/c1-16(19-12-7-10-17-8-3-5-11-20(17)19)23(28)24-21-13-6-4-9-18(21)14-25(2)15-22(26)27/h3-13,16H,14-15H2,1-2H3,(H,24,28)(H,26,27). The van der Waals surface area contributed by atoms with E-state index in [0.29, 0.717) is 12.2 Å². The summed E-state index contributed by atoms with van der Waals surface area (Å²) in [5.74, 6) is -1.30. The molecule has 0 aromatic heterocycles. The van der Waals surface area contributed by atoms with Gasteiger partial charge >= 0.3 is 5.97 Å². The Morgan fingerprint density at radius 3 is 2.46 bits per heavy atom. The van der Waals surface area contributed by atoms with Gasteiger partial charge in [0, 0.05) is 12.2 Å². The maximum Gasteiger partial charge on any atom is 0.317 e. The maximum atomic E-state index is 13.0. The number of likely N-dealkylation sites (N-methyl/N-ethyl adjacent to an activating group) is 1. The van der Waals surface area contributed by atoms with Crippen molar-refractivity contribution in [3.63, 3.8) is 0 Å². The normalized spacial score (nSPS) is 12.1. The zero-order chi connectivity index (χ0) is 20.1. The maximum absolute atomic E-state index is 13.0. The van der Waals surface area contributed by atoms with Crippen LogP contribution < -0.4 is 5.32 Å². The Morgan fingerprint density at radius 1 is 1.00 bits per heavy atom. The Bertz CT molecular complexity index is 995. The Balaban J connectivity index is 1.80. The molecule has 1 atom stereocenters. The lowest BCUT2D eigenvalue weighted by molar-refractivity contribution is -0.138. The van der Waals surface area contributed by atoms with Gasteiger partial charge in [0.1, 0.15) is 0 Å². The molecule has 0 aliphatic heterocycles. The monoisotopic (exact) mass is 376 g/mol. The highest BCUT2D eigenvalue weighted by atomic mass is 16.4. The summed E-state index contributed by atoms with van der Waals surface area (Å²) in [7, 11) is 1.74. The van der Waals surface area contributed by atoms with Crippen molar-refractivity contribution in [1.29, 1.82) is 0 Å². The van der Waals surface area contributed by atoms with Gasteiger partial charge < -0.3 is 10.4 Å². The average Bonchev–Trinajstić information content (AvgIpc) is 2.67. The number of aliphatic carboxylic acids is 1. The lowest BCUT2D eigenvalue weighted by Crippen LogP contribution is -2.26.